The van der Waals surface area contributed by atoms with E-state index in [1.54, 1.807) is 7.11 Å². The second-order valence-corrected chi connectivity index (χ2v) is 4.16. The van der Waals surface area contributed by atoms with Crippen molar-refractivity contribution in [2.75, 3.05) is 19.0 Å². The van der Waals surface area contributed by atoms with Gasteiger partial charge in [0, 0.05) is 10.9 Å². The summed E-state index contributed by atoms with van der Waals surface area (Å²) in [6, 6.07) is 5.96. The van der Waals surface area contributed by atoms with Crippen molar-refractivity contribution in [2.45, 2.75) is 20.3 Å². The van der Waals surface area contributed by atoms with Gasteiger partial charge in [0.1, 0.15) is 0 Å². The molecular weight excluding hydrogens is 280 g/mol. The first kappa shape index (κ1) is 14.1. The monoisotopic (exact) mass is 298 g/mol. The van der Waals surface area contributed by atoms with Gasteiger partial charge in [-0.1, -0.05) is 46.6 Å². The Morgan fingerprint density at radius 3 is 2.65 bits per heavy atom. The van der Waals surface area contributed by atoms with Crippen LogP contribution in [0.25, 0.3) is 6.08 Å². The SMILES string of the molecule is CCOc1cccc(C=C(CC)CBr)c1OC. The molecule has 0 heterocycles. The van der Waals surface area contributed by atoms with Crippen LogP contribution in [0.15, 0.2) is 23.8 Å². The molecule has 0 spiro atoms. The second kappa shape index (κ2) is 7.38. The molecule has 1 aromatic rings. The van der Waals surface area contributed by atoms with Crippen molar-refractivity contribution in [3.63, 3.8) is 0 Å². The van der Waals surface area contributed by atoms with E-state index in [1.807, 2.05) is 25.1 Å². The van der Waals surface area contributed by atoms with E-state index in [9.17, 15) is 0 Å². The molecule has 0 saturated carbocycles. The van der Waals surface area contributed by atoms with Gasteiger partial charge in [0.15, 0.2) is 11.5 Å². The van der Waals surface area contributed by atoms with Crippen LogP contribution in [-0.4, -0.2) is 19.0 Å². The smallest absolute Gasteiger partial charge is 0.167 e. The lowest BCUT2D eigenvalue weighted by atomic mass is 10.1. The van der Waals surface area contributed by atoms with E-state index in [0.717, 1.165) is 28.8 Å². The molecule has 17 heavy (non-hydrogen) atoms. The lowest BCUT2D eigenvalue weighted by Crippen LogP contribution is -1.97. The number of para-hydroxylation sites is 1. The normalized spacial score (nSPS) is 11.4. The summed E-state index contributed by atoms with van der Waals surface area (Å²) >= 11 is 3.49. The summed E-state index contributed by atoms with van der Waals surface area (Å²) in [6.45, 7) is 4.76. The zero-order valence-electron chi connectivity index (χ0n) is 10.6. The molecular formula is C14H19BrO2. The maximum Gasteiger partial charge on any atom is 0.167 e. The van der Waals surface area contributed by atoms with E-state index in [2.05, 4.69) is 28.9 Å². The molecule has 0 atom stereocenters. The van der Waals surface area contributed by atoms with E-state index >= 15 is 0 Å². The van der Waals surface area contributed by atoms with Crippen molar-refractivity contribution in [1.29, 1.82) is 0 Å². The van der Waals surface area contributed by atoms with Gasteiger partial charge in [-0.3, -0.25) is 0 Å². The van der Waals surface area contributed by atoms with Crippen molar-refractivity contribution in [2.24, 2.45) is 0 Å². The van der Waals surface area contributed by atoms with E-state index in [0.29, 0.717) is 6.61 Å². The summed E-state index contributed by atoms with van der Waals surface area (Å²) in [4.78, 5) is 0. The fraction of sp³-hybridized carbons (Fsp3) is 0.429. The summed E-state index contributed by atoms with van der Waals surface area (Å²) in [5, 5.41) is 0.880. The zero-order chi connectivity index (χ0) is 12.7. The summed E-state index contributed by atoms with van der Waals surface area (Å²) in [6.07, 6.45) is 3.17. The maximum absolute atomic E-state index is 5.55. The average molecular weight is 299 g/mol. The van der Waals surface area contributed by atoms with Crippen LogP contribution in [-0.2, 0) is 0 Å². The Morgan fingerprint density at radius 1 is 1.35 bits per heavy atom. The first-order valence-electron chi connectivity index (χ1n) is 5.82. The van der Waals surface area contributed by atoms with Gasteiger partial charge in [-0.15, -0.1) is 0 Å². The molecule has 0 aliphatic heterocycles. The molecule has 0 aliphatic carbocycles. The van der Waals surface area contributed by atoms with Crippen LogP contribution in [0.2, 0.25) is 0 Å². The van der Waals surface area contributed by atoms with Crippen LogP contribution < -0.4 is 9.47 Å². The second-order valence-electron chi connectivity index (χ2n) is 3.60. The Labute approximate surface area is 112 Å². The van der Waals surface area contributed by atoms with Crippen LogP contribution >= 0.6 is 15.9 Å². The minimum absolute atomic E-state index is 0.641. The van der Waals surface area contributed by atoms with Gasteiger partial charge in [0.25, 0.3) is 0 Å². The molecule has 0 amide bonds. The predicted octanol–water partition coefficient (Wildman–Crippen LogP) is 4.28. The number of benzene rings is 1. The van der Waals surface area contributed by atoms with Crippen LogP contribution in [0.5, 0.6) is 11.5 Å². The molecule has 0 unspecified atom stereocenters. The van der Waals surface area contributed by atoms with Gasteiger partial charge in [0.05, 0.1) is 13.7 Å². The molecule has 0 bridgehead atoms. The lowest BCUT2D eigenvalue weighted by Gasteiger charge is -2.12. The lowest BCUT2D eigenvalue weighted by molar-refractivity contribution is 0.310. The van der Waals surface area contributed by atoms with Crippen molar-refractivity contribution in [3.8, 4) is 11.5 Å². The van der Waals surface area contributed by atoms with Crippen molar-refractivity contribution >= 4 is 22.0 Å². The molecule has 0 saturated heterocycles. The van der Waals surface area contributed by atoms with Crippen molar-refractivity contribution in [3.05, 3.63) is 29.3 Å². The number of allylic oxidation sites excluding steroid dienone is 1. The Morgan fingerprint density at radius 2 is 2.12 bits per heavy atom. The van der Waals surface area contributed by atoms with Crippen LogP contribution in [0.4, 0.5) is 0 Å². The van der Waals surface area contributed by atoms with Gasteiger partial charge in [-0.25, -0.2) is 0 Å². The molecule has 0 fully saturated rings. The molecule has 2 nitrogen and oxygen atoms in total. The number of hydrogen-bond donors (Lipinski definition) is 0. The highest BCUT2D eigenvalue weighted by Gasteiger charge is 2.08. The quantitative estimate of drug-likeness (QED) is 0.730. The van der Waals surface area contributed by atoms with E-state index in [-0.39, 0.29) is 0 Å². The van der Waals surface area contributed by atoms with Gasteiger partial charge < -0.3 is 9.47 Å². The summed E-state index contributed by atoms with van der Waals surface area (Å²) in [5.41, 5.74) is 2.40. The summed E-state index contributed by atoms with van der Waals surface area (Å²) in [5.74, 6) is 1.61. The maximum atomic E-state index is 5.55. The third-order valence-corrected chi connectivity index (χ3v) is 3.22. The molecule has 0 aliphatic rings. The first-order chi connectivity index (χ1) is 8.26. The topological polar surface area (TPSA) is 18.5 Å². The Bertz CT molecular complexity index is 380. The van der Waals surface area contributed by atoms with Gasteiger partial charge in [-0.05, 0) is 19.4 Å². The number of halogens is 1. The highest BCUT2D eigenvalue weighted by atomic mass is 79.9. The summed E-state index contributed by atoms with van der Waals surface area (Å²) < 4.78 is 11.0. The zero-order valence-corrected chi connectivity index (χ0v) is 12.2. The molecule has 3 heteroatoms. The minimum Gasteiger partial charge on any atom is -0.492 e. The molecule has 1 aromatic carbocycles. The third kappa shape index (κ3) is 3.77. The van der Waals surface area contributed by atoms with Crippen LogP contribution in [0, 0.1) is 0 Å². The average Bonchev–Trinajstić information content (AvgIpc) is 2.36. The van der Waals surface area contributed by atoms with Crippen LogP contribution in [0.1, 0.15) is 25.8 Å². The highest BCUT2D eigenvalue weighted by Crippen LogP contribution is 2.32. The van der Waals surface area contributed by atoms with Crippen molar-refractivity contribution in [1.82, 2.24) is 0 Å². The van der Waals surface area contributed by atoms with Crippen molar-refractivity contribution < 1.29 is 9.47 Å². The van der Waals surface area contributed by atoms with E-state index < -0.39 is 0 Å². The number of rotatable bonds is 6. The third-order valence-electron chi connectivity index (χ3n) is 2.50. The summed E-state index contributed by atoms with van der Waals surface area (Å²) in [7, 11) is 1.68. The molecule has 0 radical (unpaired) electrons. The number of methoxy groups -OCH3 is 1. The van der Waals surface area contributed by atoms with E-state index in [4.69, 9.17) is 9.47 Å². The standard InChI is InChI=1S/C14H19BrO2/c1-4-11(10-15)9-12-7-6-8-13(17-5-2)14(12)16-3/h6-9H,4-5,10H2,1-3H3. The Balaban J connectivity index is 3.14. The molecule has 94 valence electrons. The highest BCUT2D eigenvalue weighted by molar-refractivity contribution is 9.09. The predicted molar refractivity (Wildman–Crippen MR) is 76.2 cm³/mol. The minimum atomic E-state index is 0.641. The Hall–Kier alpha value is -0.960. The number of alkyl halides is 1. The van der Waals surface area contributed by atoms with Gasteiger partial charge in [-0.2, -0.15) is 0 Å². The van der Waals surface area contributed by atoms with Crippen LogP contribution in [0.3, 0.4) is 0 Å². The fourth-order valence-corrected chi connectivity index (χ4v) is 2.15. The fourth-order valence-electron chi connectivity index (χ4n) is 1.59. The number of hydrogen-bond acceptors (Lipinski definition) is 2. The molecule has 0 aromatic heterocycles. The Kier molecular flexibility index (Phi) is 6.12. The molecule has 0 N–H and O–H groups in total. The van der Waals surface area contributed by atoms with Gasteiger partial charge >= 0.3 is 0 Å². The first-order valence-corrected chi connectivity index (χ1v) is 6.94. The van der Waals surface area contributed by atoms with E-state index in [1.165, 1.54) is 5.57 Å². The largest absolute Gasteiger partial charge is 0.492 e. The van der Waals surface area contributed by atoms with Gasteiger partial charge in [0.2, 0.25) is 0 Å². The molecule has 1 rings (SSSR count). The number of ether oxygens (including phenoxy) is 2.